The van der Waals surface area contributed by atoms with E-state index in [1.807, 2.05) is 50.2 Å². The molecule has 1 aliphatic rings. The van der Waals surface area contributed by atoms with Gasteiger partial charge in [-0.15, -0.1) is 0 Å². The van der Waals surface area contributed by atoms with Crippen molar-refractivity contribution in [2.75, 3.05) is 7.11 Å². The number of hydrogen-bond acceptors (Lipinski definition) is 5. The predicted molar refractivity (Wildman–Crippen MR) is 131 cm³/mol. The molecule has 35 heavy (non-hydrogen) atoms. The highest BCUT2D eigenvalue weighted by Gasteiger charge is 2.46. The van der Waals surface area contributed by atoms with Crippen molar-refractivity contribution in [3.63, 3.8) is 0 Å². The lowest BCUT2D eigenvalue weighted by molar-refractivity contribution is -0.174. The number of carbonyl (C=O) groups is 4. The van der Waals surface area contributed by atoms with Crippen LogP contribution >= 0.6 is 0 Å². The summed E-state index contributed by atoms with van der Waals surface area (Å²) in [5, 5.41) is 2.40. The maximum atomic E-state index is 14.0. The van der Waals surface area contributed by atoms with E-state index in [0.29, 0.717) is 11.3 Å². The van der Waals surface area contributed by atoms with Gasteiger partial charge in [-0.05, 0) is 11.5 Å². The van der Waals surface area contributed by atoms with E-state index in [4.69, 9.17) is 4.74 Å². The summed E-state index contributed by atoms with van der Waals surface area (Å²) in [6.45, 7) is 6.36. The van der Waals surface area contributed by atoms with Crippen LogP contribution in [0.15, 0.2) is 66.9 Å². The van der Waals surface area contributed by atoms with Gasteiger partial charge in [0.2, 0.25) is 11.8 Å². The van der Waals surface area contributed by atoms with Crippen LogP contribution in [0.1, 0.15) is 38.8 Å². The van der Waals surface area contributed by atoms with Crippen molar-refractivity contribution >= 4 is 29.4 Å². The van der Waals surface area contributed by atoms with Crippen LogP contribution in [0.3, 0.4) is 0 Å². The predicted octanol–water partition coefficient (Wildman–Crippen LogP) is 3.25. The summed E-state index contributed by atoms with van der Waals surface area (Å²) < 4.78 is 5.06. The molecule has 0 saturated heterocycles. The highest BCUT2D eigenvalue weighted by Crippen LogP contribution is 2.33. The molecule has 0 fully saturated rings. The first kappa shape index (κ1) is 25.7. The Morgan fingerprint density at radius 2 is 1.54 bits per heavy atom. The van der Waals surface area contributed by atoms with Gasteiger partial charge in [0.25, 0.3) is 5.91 Å². The van der Waals surface area contributed by atoms with E-state index >= 15 is 0 Å². The van der Waals surface area contributed by atoms with Gasteiger partial charge >= 0.3 is 5.97 Å². The number of methoxy groups -OCH3 is 1. The molecule has 3 rings (SSSR count). The number of esters is 1. The lowest BCUT2D eigenvalue weighted by Crippen LogP contribution is -2.63. The van der Waals surface area contributed by atoms with E-state index in [9.17, 15) is 19.2 Å². The number of amides is 3. The molecule has 3 amide bonds. The number of rotatable bonds is 7. The Labute approximate surface area is 205 Å². The minimum Gasteiger partial charge on any atom is -0.467 e. The van der Waals surface area contributed by atoms with Crippen LogP contribution in [-0.4, -0.2) is 57.8 Å². The van der Waals surface area contributed by atoms with E-state index in [1.54, 1.807) is 30.5 Å². The van der Waals surface area contributed by atoms with Crippen molar-refractivity contribution in [1.29, 1.82) is 0 Å². The first-order valence-corrected chi connectivity index (χ1v) is 11.5. The Morgan fingerprint density at radius 3 is 2.03 bits per heavy atom. The molecule has 0 saturated carbocycles. The van der Waals surface area contributed by atoms with Crippen molar-refractivity contribution in [2.45, 2.75) is 46.2 Å². The van der Waals surface area contributed by atoms with Gasteiger partial charge in [-0.3, -0.25) is 14.4 Å². The zero-order valence-electron chi connectivity index (χ0n) is 20.7. The second-order valence-corrected chi connectivity index (χ2v) is 8.74. The second-order valence-electron chi connectivity index (χ2n) is 8.74. The van der Waals surface area contributed by atoms with Crippen molar-refractivity contribution in [3.8, 4) is 0 Å². The zero-order chi connectivity index (χ0) is 25.7. The van der Waals surface area contributed by atoms with Crippen LogP contribution < -0.4 is 0 Å². The molecule has 8 nitrogen and oxygen atoms in total. The van der Waals surface area contributed by atoms with Gasteiger partial charge in [-0.1, -0.05) is 74.5 Å². The minimum atomic E-state index is -1.10. The Morgan fingerprint density at radius 1 is 0.971 bits per heavy atom. The van der Waals surface area contributed by atoms with Crippen LogP contribution in [0.25, 0.3) is 5.70 Å². The number of benzene rings is 2. The molecule has 1 unspecified atom stereocenters. The number of ether oxygens (including phenoxy) is 1. The van der Waals surface area contributed by atoms with Gasteiger partial charge in [0, 0.05) is 32.0 Å². The molecule has 0 aromatic heterocycles. The summed E-state index contributed by atoms with van der Waals surface area (Å²) in [7, 11) is 1.25. The normalized spacial score (nSPS) is 16.6. The van der Waals surface area contributed by atoms with Gasteiger partial charge in [0.1, 0.15) is 6.04 Å². The molecular formula is C27H31N3O5. The fourth-order valence-electron chi connectivity index (χ4n) is 4.29. The monoisotopic (exact) mass is 477 g/mol. The van der Waals surface area contributed by atoms with Crippen molar-refractivity contribution in [1.82, 2.24) is 14.9 Å². The lowest BCUT2D eigenvalue weighted by atomic mass is 9.97. The minimum absolute atomic E-state index is 0.141. The summed E-state index contributed by atoms with van der Waals surface area (Å²) in [5.74, 6) is -2.19. The molecule has 0 radical (unpaired) electrons. The Bertz CT molecular complexity index is 1110. The van der Waals surface area contributed by atoms with Crippen LogP contribution in [-0.2, 0) is 30.3 Å². The van der Waals surface area contributed by atoms with Crippen LogP contribution in [0.4, 0.5) is 0 Å². The Kier molecular flexibility index (Phi) is 8.06. The van der Waals surface area contributed by atoms with Gasteiger partial charge in [-0.25, -0.2) is 14.8 Å². The summed E-state index contributed by atoms with van der Waals surface area (Å²) >= 11 is 0. The summed E-state index contributed by atoms with van der Waals surface area (Å²) in [6.07, 6.45) is 1.72. The van der Waals surface area contributed by atoms with E-state index in [-0.39, 0.29) is 18.2 Å². The van der Waals surface area contributed by atoms with E-state index in [2.05, 4.69) is 0 Å². The summed E-state index contributed by atoms with van der Waals surface area (Å²) in [6, 6.07) is 16.2. The highest BCUT2D eigenvalue weighted by molar-refractivity contribution is 5.99. The second kappa shape index (κ2) is 11.0. The third-order valence-electron chi connectivity index (χ3n) is 5.89. The number of hydrogen-bond donors (Lipinski definition) is 0. The topological polar surface area (TPSA) is 87.2 Å². The Hall–Kier alpha value is -3.94. The first-order chi connectivity index (χ1) is 16.7. The maximum absolute atomic E-state index is 14.0. The van der Waals surface area contributed by atoms with Crippen molar-refractivity contribution in [3.05, 3.63) is 78.0 Å². The van der Waals surface area contributed by atoms with Crippen LogP contribution in [0.2, 0.25) is 0 Å². The lowest BCUT2D eigenvalue weighted by Gasteiger charge is -2.46. The van der Waals surface area contributed by atoms with E-state index in [1.165, 1.54) is 30.9 Å². The summed E-state index contributed by atoms with van der Waals surface area (Å²) in [4.78, 5) is 54.1. The Balaban J connectivity index is 2.23. The number of carbonyl (C=O) groups excluding carboxylic acids is 4. The third-order valence-corrected chi connectivity index (χ3v) is 5.89. The number of hydrazine groups is 1. The average molecular weight is 478 g/mol. The molecule has 184 valence electrons. The first-order valence-electron chi connectivity index (χ1n) is 11.5. The quantitative estimate of drug-likeness (QED) is 0.572. The molecule has 2 atom stereocenters. The average Bonchev–Trinajstić information content (AvgIpc) is 2.84. The fraction of sp³-hybridized carbons (Fsp3) is 0.333. The van der Waals surface area contributed by atoms with E-state index < -0.39 is 29.9 Å². The summed E-state index contributed by atoms with van der Waals surface area (Å²) in [5.41, 5.74) is 1.73. The third kappa shape index (κ3) is 5.42. The molecule has 1 aliphatic heterocycles. The van der Waals surface area contributed by atoms with Crippen molar-refractivity contribution < 1.29 is 23.9 Å². The molecule has 0 bridgehead atoms. The molecular weight excluding hydrogens is 446 g/mol. The SMILES string of the molecule is COC(=O)[C@H](Cc1ccccc1)N(C(C)=O)N1C(=O)C(C(C)C)N(C(C)=O)C=C1c1ccccc1. The molecule has 0 N–H and O–H groups in total. The molecule has 0 spiro atoms. The number of nitrogens with zero attached hydrogens (tertiary/aromatic N) is 3. The van der Waals surface area contributed by atoms with Gasteiger partial charge in [-0.2, -0.15) is 0 Å². The largest absolute Gasteiger partial charge is 0.467 e. The van der Waals surface area contributed by atoms with E-state index in [0.717, 1.165) is 10.6 Å². The van der Waals surface area contributed by atoms with Crippen LogP contribution in [0.5, 0.6) is 0 Å². The molecule has 8 heteroatoms. The van der Waals surface area contributed by atoms with Gasteiger partial charge in [0.15, 0.2) is 6.04 Å². The molecule has 2 aromatic carbocycles. The van der Waals surface area contributed by atoms with Gasteiger partial charge in [0.05, 0.1) is 12.8 Å². The molecule has 0 aliphatic carbocycles. The van der Waals surface area contributed by atoms with Crippen molar-refractivity contribution in [2.24, 2.45) is 5.92 Å². The zero-order valence-corrected chi connectivity index (χ0v) is 20.7. The molecule has 2 aromatic rings. The maximum Gasteiger partial charge on any atom is 0.331 e. The molecule has 1 heterocycles. The smallest absolute Gasteiger partial charge is 0.331 e. The fourth-order valence-corrected chi connectivity index (χ4v) is 4.29. The van der Waals surface area contributed by atoms with Gasteiger partial charge < -0.3 is 9.64 Å². The van der Waals surface area contributed by atoms with Crippen LogP contribution in [0, 0.1) is 5.92 Å². The highest BCUT2D eigenvalue weighted by atomic mass is 16.5. The standard InChI is InChI=1S/C27H31N3O5/c1-18(2)25-26(33)30(24(17-28(25)19(3)31)22-14-10-7-11-15-22)29(20(4)32)23(27(34)35-5)16-21-12-8-6-9-13-21/h6-15,17-18,23,25H,16H2,1-5H3/t23-,25?/m0/s1.